The first-order chi connectivity index (χ1) is 7.75. The maximum absolute atomic E-state index is 11.5. The lowest BCUT2D eigenvalue weighted by Crippen LogP contribution is -2.11. The molecule has 2 heterocycles. The Labute approximate surface area is 93.3 Å². The minimum atomic E-state index is -0.0447. The summed E-state index contributed by atoms with van der Waals surface area (Å²) in [5.74, 6) is 0.591. The van der Waals surface area contributed by atoms with Crippen molar-refractivity contribution < 1.29 is 0 Å². The fourth-order valence-electron chi connectivity index (χ4n) is 2.45. The van der Waals surface area contributed by atoms with E-state index < -0.39 is 0 Å². The van der Waals surface area contributed by atoms with E-state index in [0.717, 1.165) is 24.1 Å². The van der Waals surface area contributed by atoms with Crippen LogP contribution >= 0.6 is 0 Å². The van der Waals surface area contributed by atoms with E-state index in [2.05, 4.69) is 22.4 Å². The predicted molar refractivity (Wildman–Crippen MR) is 63.8 cm³/mol. The van der Waals surface area contributed by atoms with Crippen LogP contribution in [-0.4, -0.2) is 22.6 Å². The molecule has 0 amide bonds. The summed E-state index contributed by atoms with van der Waals surface area (Å²) in [4.78, 5) is 14.3. The number of H-pyrrole nitrogens is 1. The molecule has 1 unspecified atom stereocenters. The van der Waals surface area contributed by atoms with Crippen molar-refractivity contribution in [3.8, 4) is 0 Å². The number of fused-ring (bicyclic) bond motifs is 1. The van der Waals surface area contributed by atoms with Gasteiger partial charge in [0, 0.05) is 13.6 Å². The highest BCUT2D eigenvalue weighted by Crippen LogP contribution is 2.24. The van der Waals surface area contributed by atoms with Crippen LogP contribution in [0.3, 0.4) is 0 Å². The highest BCUT2D eigenvalue weighted by atomic mass is 16.1. The van der Waals surface area contributed by atoms with Gasteiger partial charge in [-0.25, -0.2) is 4.79 Å². The molecule has 84 valence electrons. The standard InChI is InChI=1S/C12H15N3O/c1-15-11-3-2-8(9-4-5-13-7-9)6-10(11)14-12(15)16/h2-3,6,9,13H,4-5,7H2,1H3,(H,14,16). The zero-order chi connectivity index (χ0) is 11.1. The number of hydrogen-bond donors (Lipinski definition) is 2. The first-order valence-corrected chi connectivity index (χ1v) is 5.65. The van der Waals surface area contributed by atoms with Crippen molar-refractivity contribution in [2.24, 2.45) is 7.05 Å². The minimum Gasteiger partial charge on any atom is -0.316 e. The summed E-state index contributed by atoms with van der Waals surface area (Å²) >= 11 is 0. The second kappa shape index (κ2) is 3.49. The van der Waals surface area contributed by atoms with Crippen molar-refractivity contribution in [1.82, 2.24) is 14.9 Å². The zero-order valence-electron chi connectivity index (χ0n) is 9.29. The summed E-state index contributed by atoms with van der Waals surface area (Å²) < 4.78 is 1.64. The van der Waals surface area contributed by atoms with E-state index >= 15 is 0 Å². The minimum absolute atomic E-state index is 0.0447. The van der Waals surface area contributed by atoms with Crippen LogP contribution in [0.2, 0.25) is 0 Å². The number of nitrogens with zero attached hydrogens (tertiary/aromatic N) is 1. The largest absolute Gasteiger partial charge is 0.326 e. The van der Waals surface area contributed by atoms with Crippen LogP contribution in [0.1, 0.15) is 17.9 Å². The number of benzene rings is 1. The van der Waals surface area contributed by atoms with Gasteiger partial charge >= 0.3 is 5.69 Å². The van der Waals surface area contributed by atoms with Crippen molar-refractivity contribution in [2.75, 3.05) is 13.1 Å². The Kier molecular flexibility index (Phi) is 2.11. The van der Waals surface area contributed by atoms with Gasteiger partial charge in [0.15, 0.2) is 0 Å². The van der Waals surface area contributed by atoms with Gasteiger partial charge in [-0.3, -0.25) is 4.57 Å². The molecule has 3 rings (SSSR count). The van der Waals surface area contributed by atoms with Gasteiger partial charge in [0.05, 0.1) is 11.0 Å². The average molecular weight is 217 g/mol. The monoisotopic (exact) mass is 217 g/mol. The molecule has 0 saturated carbocycles. The van der Waals surface area contributed by atoms with Crippen LogP contribution in [-0.2, 0) is 7.05 Å². The van der Waals surface area contributed by atoms with E-state index in [0.29, 0.717) is 5.92 Å². The zero-order valence-corrected chi connectivity index (χ0v) is 9.29. The number of rotatable bonds is 1. The van der Waals surface area contributed by atoms with Crippen molar-refractivity contribution in [1.29, 1.82) is 0 Å². The Balaban J connectivity index is 2.12. The van der Waals surface area contributed by atoms with Crippen LogP contribution < -0.4 is 11.0 Å². The third-order valence-electron chi connectivity index (χ3n) is 3.46. The molecule has 4 heteroatoms. The number of hydrogen-bond acceptors (Lipinski definition) is 2. The maximum Gasteiger partial charge on any atom is 0.326 e. The van der Waals surface area contributed by atoms with Gasteiger partial charge in [0.25, 0.3) is 0 Å². The molecule has 2 aromatic rings. The van der Waals surface area contributed by atoms with E-state index in [1.54, 1.807) is 11.6 Å². The summed E-state index contributed by atoms with van der Waals surface area (Å²) in [6, 6.07) is 6.27. The van der Waals surface area contributed by atoms with Crippen molar-refractivity contribution in [3.05, 3.63) is 34.2 Å². The second-order valence-electron chi connectivity index (χ2n) is 4.46. The van der Waals surface area contributed by atoms with E-state index in [9.17, 15) is 4.79 Å². The van der Waals surface area contributed by atoms with Crippen molar-refractivity contribution in [3.63, 3.8) is 0 Å². The topological polar surface area (TPSA) is 49.8 Å². The van der Waals surface area contributed by atoms with E-state index in [4.69, 9.17) is 0 Å². The van der Waals surface area contributed by atoms with Crippen LogP contribution in [0.5, 0.6) is 0 Å². The Bertz CT molecular complexity index is 575. The van der Waals surface area contributed by atoms with Gasteiger partial charge in [-0.1, -0.05) is 6.07 Å². The number of aromatic nitrogens is 2. The molecule has 2 N–H and O–H groups in total. The SMILES string of the molecule is Cn1c(=O)[nH]c2cc(C3CCNC3)ccc21. The number of aryl methyl sites for hydroxylation is 1. The van der Waals surface area contributed by atoms with Crippen LogP contribution in [0.4, 0.5) is 0 Å². The smallest absolute Gasteiger partial charge is 0.316 e. The third-order valence-corrected chi connectivity index (χ3v) is 3.46. The van der Waals surface area contributed by atoms with E-state index in [1.165, 1.54) is 12.0 Å². The Morgan fingerprint density at radius 1 is 1.44 bits per heavy atom. The summed E-state index contributed by atoms with van der Waals surface area (Å²) in [6.07, 6.45) is 1.18. The molecule has 16 heavy (non-hydrogen) atoms. The number of aromatic amines is 1. The quantitative estimate of drug-likeness (QED) is 0.747. The molecule has 1 aliphatic heterocycles. The lowest BCUT2D eigenvalue weighted by atomic mass is 9.98. The molecule has 1 aromatic carbocycles. The molecule has 0 bridgehead atoms. The molecular formula is C12H15N3O. The van der Waals surface area contributed by atoms with Gasteiger partial charge < -0.3 is 10.3 Å². The van der Waals surface area contributed by atoms with Gasteiger partial charge in [0.1, 0.15) is 0 Å². The molecule has 0 radical (unpaired) electrons. The Hall–Kier alpha value is -1.55. The lowest BCUT2D eigenvalue weighted by Gasteiger charge is -2.08. The molecule has 1 saturated heterocycles. The van der Waals surface area contributed by atoms with Crippen LogP contribution in [0, 0.1) is 0 Å². The molecule has 0 aliphatic carbocycles. The molecule has 4 nitrogen and oxygen atoms in total. The molecule has 1 aliphatic rings. The van der Waals surface area contributed by atoms with Gasteiger partial charge in [-0.15, -0.1) is 0 Å². The summed E-state index contributed by atoms with van der Waals surface area (Å²) in [7, 11) is 1.79. The van der Waals surface area contributed by atoms with Crippen LogP contribution in [0.15, 0.2) is 23.0 Å². The first-order valence-electron chi connectivity index (χ1n) is 5.65. The lowest BCUT2D eigenvalue weighted by molar-refractivity contribution is 0.764. The maximum atomic E-state index is 11.5. The molecule has 0 spiro atoms. The van der Waals surface area contributed by atoms with Crippen LogP contribution in [0.25, 0.3) is 11.0 Å². The summed E-state index contributed by atoms with van der Waals surface area (Å²) in [5, 5.41) is 3.36. The van der Waals surface area contributed by atoms with E-state index in [-0.39, 0.29) is 5.69 Å². The van der Waals surface area contributed by atoms with Crippen molar-refractivity contribution in [2.45, 2.75) is 12.3 Å². The predicted octanol–water partition coefficient (Wildman–Crippen LogP) is 0.943. The second-order valence-corrected chi connectivity index (χ2v) is 4.46. The van der Waals surface area contributed by atoms with Gasteiger partial charge in [-0.05, 0) is 36.6 Å². The Morgan fingerprint density at radius 3 is 3.06 bits per heavy atom. The molecule has 1 fully saturated rings. The van der Waals surface area contributed by atoms with Crippen molar-refractivity contribution >= 4 is 11.0 Å². The average Bonchev–Trinajstić information content (AvgIpc) is 2.88. The summed E-state index contributed by atoms with van der Waals surface area (Å²) in [5.41, 5.74) is 3.19. The molecule has 1 atom stereocenters. The first kappa shape index (κ1) is 9.66. The highest BCUT2D eigenvalue weighted by molar-refractivity contribution is 5.76. The molecule has 1 aromatic heterocycles. The number of nitrogens with one attached hydrogen (secondary N) is 2. The Morgan fingerprint density at radius 2 is 2.31 bits per heavy atom. The number of imidazole rings is 1. The van der Waals surface area contributed by atoms with E-state index in [1.807, 2.05) is 6.07 Å². The van der Waals surface area contributed by atoms with Gasteiger partial charge in [-0.2, -0.15) is 0 Å². The van der Waals surface area contributed by atoms with Gasteiger partial charge in [0.2, 0.25) is 0 Å². The normalized spacial score (nSPS) is 20.7. The highest BCUT2D eigenvalue weighted by Gasteiger charge is 2.17. The fourth-order valence-corrected chi connectivity index (χ4v) is 2.45. The third kappa shape index (κ3) is 1.38. The fraction of sp³-hybridized carbons (Fsp3) is 0.417. The summed E-state index contributed by atoms with van der Waals surface area (Å²) in [6.45, 7) is 2.14. The molecular weight excluding hydrogens is 202 g/mol.